The lowest BCUT2D eigenvalue weighted by Gasteiger charge is -2.14. The van der Waals surface area contributed by atoms with E-state index in [1.54, 1.807) is 0 Å². The van der Waals surface area contributed by atoms with Crippen molar-refractivity contribution in [3.05, 3.63) is 188 Å². The molecule has 11 rings (SSSR count). The lowest BCUT2D eigenvalue weighted by molar-refractivity contribution is 0.670. The number of aromatic nitrogens is 3. The van der Waals surface area contributed by atoms with Crippen molar-refractivity contribution in [2.75, 3.05) is 0 Å². The van der Waals surface area contributed by atoms with E-state index in [2.05, 4.69) is 170 Å². The summed E-state index contributed by atoms with van der Waals surface area (Å²) in [7, 11) is 0. The van der Waals surface area contributed by atoms with Crippen LogP contribution in [-0.4, -0.2) is 15.0 Å². The lowest BCUT2D eigenvalue weighted by Crippen LogP contribution is -2.01. The minimum Gasteiger partial charge on any atom is -0.455 e. The molecule has 0 amide bonds. The highest BCUT2D eigenvalue weighted by Gasteiger charge is 2.21. The van der Waals surface area contributed by atoms with Gasteiger partial charge in [0.05, 0.1) is 0 Å². The fraction of sp³-hybridized carbons (Fsp3) is 0. The van der Waals surface area contributed by atoms with E-state index in [9.17, 15) is 0 Å². The van der Waals surface area contributed by atoms with Crippen LogP contribution >= 0.6 is 0 Å². The molecule has 0 N–H and O–H groups in total. The summed E-state index contributed by atoms with van der Waals surface area (Å²) in [6, 6.07) is 65.7. The molecule has 0 unspecified atom stereocenters. The summed E-state index contributed by atoms with van der Waals surface area (Å²) in [6.07, 6.45) is 0. The molecule has 2 aromatic heterocycles. The van der Waals surface area contributed by atoms with E-state index in [1.165, 1.54) is 27.1 Å². The molecule has 9 aromatic carbocycles. The van der Waals surface area contributed by atoms with Gasteiger partial charge >= 0.3 is 0 Å². The molecule has 0 saturated carbocycles. The summed E-state index contributed by atoms with van der Waals surface area (Å²) < 4.78 is 6.65. The van der Waals surface area contributed by atoms with Gasteiger partial charge in [0, 0.05) is 33.0 Å². The average Bonchev–Trinajstić information content (AvgIpc) is 3.66. The summed E-state index contributed by atoms with van der Waals surface area (Å²) >= 11 is 0. The van der Waals surface area contributed by atoms with Gasteiger partial charge in [-0.3, -0.25) is 0 Å². The van der Waals surface area contributed by atoms with Crippen molar-refractivity contribution in [2.24, 2.45) is 0 Å². The predicted molar refractivity (Wildman–Crippen MR) is 227 cm³/mol. The Balaban J connectivity index is 1.19. The van der Waals surface area contributed by atoms with Crippen LogP contribution in [0.1, 0.15) is 0 Å². The van der Waals surface area contributed by atoms with Gasteiger partial charge in [-0.2, -0.15) is 0 Å². The Morgan fingerprint density at radius 1 is 0.309 bits per heavy atom. The summed E-state index contributed by atoms with van der Waals surface area (Å²) in [4.78, 5) is 15.8. The van der Waals surface area contributed by atoms with E-state index in [-0.39, 0.29) is 0 Å². The smallest absolute Gasteiger partial charge is 0.164 e. The first-order valence-corrected chi connectivity index (χ1v) is 18.5. The number of para-hydroxylation sites is 1. The minimum atomic E-state index is 0.589. The Kier molecular flexibility index (Phi) is 7.14. The van der Waals surface area contributed by atoms with Crippen LogP contribution in [0.15, 0.2) is 192 Å². The van der Waals surface area contributed by atoms with Gasteiger partial charge in [-0.25, -0.2) is 15.0 Å². The molecule has 256 valence electrons. The van der Waals surface area contributed by atoms with Gasteiger partial charge in [0.1, 0.15) is 11.2 Å². The second-order valence-electron chi connectivity index (χ2n) is 14.0. The van der Waals surface area contributed by atoms with Gasteiger partial charge in [0.25, 0.3) is 0 Å². The van der Waals surface area contributed by atoms with Crippen LogP contribution in [0.2, 0.25) is 0 Å². The number of hydrogen-bond donors (Lipinski definition) is 0. The summed E-state index contributed by atoms with van der Waals surface area (Å²) in [6.45, 7) is 0. The molecule has 0 aliphatic heterocycles. The van der Waals surface area contributed by atoms with E-state index in [4.69, 9.17) is 19.4 Å². The predicted octanol–water partition coefficient (Wildman–Crippen LogP) is 13.6. The third-order valence-electron chi connectivity index (χ3n) is 10.7. The molecular formula is C51H31N3O. The van der Waals surface area contributed by atoms with E-state index in [1.807, 2.05) is 18.2 Å². The van der Waals surface area contributed by atoms with Crippen LogP contribution < -0.4 is 0 Å². The van der Waals surface area contributed by atoms with Crippen molar-refractivity contribution in [2.45, 2.75) is 0 Å². The van der Waals surface area contributed by atoms with Crippen LogP contribution in [0.3, 0.4) is 0 Å². The number of furan rings is 1. The van der Waals surface area contributed by atoms with Crippen molar-refractivity contribution in [1.29, 1.82) is 0 Å². The maximum atomic E-state index is 6.65. The molecule has 4 nitrogen and oxygen atoms in total. The minimum absolute atomic E-state index is 0.589. The second kappa shape index (κ2) is 12.6. The van der Waals surface area contributed by atoms with Crippen molar-refractivity contribution >= 4 is 54.3 Å². The third kappa shape index (κ3) is 5.26. The zero-order chi connectivity index (χ0) is 36.3. The Morgan fingerprint density at radius 2 is 0.891 bits per heavy atom. The molecule has 0 atom stereocenters. The quantitative estimate of drug-likeness (QED) is 0.168. The third-order valence-corrected chi connectivity index (χ3v) is 10.7. The monoisotopic (exact) mass is 701 g/mol. The molecule has 2 heterocycles. The Bertz CT molecular complexity index is 3260. The van der Waals surface area contributed by atoms with Crippen LogP contribution in [0, 0.1) is 0 Å². The first kappa shape index (κ1) is 31.1. The Morgan fingerprint density at radius 3 is 1.67 bits per heavy atom. The lowest BCUT2D eigenvalue weighted by atomic mass is 9.92. The topological polar surface area (TPSA) is 51.8 Å². The maximum absolute atomic E-state index is 6.65. The molecule has 4 heteroatoms. The second-order valence-corrected chi connectivity index (χ2v) is 14.0. The van der Waals surface area contributed by atoms with Crippen LogP contribution in [-0.2, 0) is 0 Å². The first-order valence-electron chi connectivity index (χ1n) is 18.5. The summed E-state index contributed by atoms with van der Waals surface area (Å²) in [5.41, 5.74) is 8.81. The Labute approximate surface area is 317 Å². The number of hydrogen-bond acceptors (Lipinski definition) is 4. The van der Waals surface area contributed by atoms with Crippen LogP contribution in [0.25, 0.3) is 111 Å². The van der Waals surface area contributed by atoms with E-state index in [0.29, 0.717) is 17.5 Å². The largest absolute Gasteiger partial charge is 0.455 e. The highest BCUT2D eigenvalue weighted by molar-refractivity contribution is 6.16. The zero-order valence-corrected chi connectivity index (χ0v) is 29.6. The molecule has 0 bridgehead atoms. The van der Waals surface area contributed by atoms with Crippen LogP contribution in [0.4, 0.5) is 0 Å². The molecule has 0 aliphatic carbocycles. The first-order chi connectivity index (χ1) is 27.2. The fourth-order valence-corrected chi connectivity index (χ4v) is 8.04. The zero-order valence-electron chi connectivity index (χ0n) is 29.6. The summed E-state index contributed by atoms with van der Waals surface area (Å²) in [5, 5.41) is 9.05. The van der Waals surface area contributed by atoms with Crippen molar-refractivity contribution in [3.63, 3.8) is 0 Å². The van der Waals surface area contributed by atoms with E-state index < -0.39 is 0 Å². The average molecular weight is 702 g/mol. The van der Waals surface area contributed by atoms with E-state index >= 15 is 0 Å². The maximum Gasteiger partial charge on any atom is 0.164 e. The van der Waals surface area contributed by atoms with Gasteiger partial charge < -0.3 is 4.42 Å². The molecule has 0 fully saturated rings. The number of nitrogens with zero attached hydrogens (tertiary/aromatic N) is 3. The fourth-order valence-electron chi connectivity index (χ4n) is 8.04. The van der Waals surface area contributed by atoms with Gasteiger partial charge in [0.2, 0.25) is 0 Å². The molecular weight excluding hydrogens is 671 g/mol. The summed E-state index contributed by atoms with van der Waals surface area (Å²) in [5.74, 6) is 1.81. The molecule has 55 heavy (non-hydrogen) atoms. The molecule has 0 aliphatic rings. The molecule has 11 aromatic rings. The van der Waals surface area contributed by atoms with Gasteiger partial charge in [-0.15, -0.1) is 0 Å². The van der Waals surface area contributed by atoms with Gasteiger partial charge in [0.15, 0.2) is 17.5 Å². The normalized spacial score (nSPS) is 11.6. The van der Waals surface area contributed by atoms with E-state index in [0.717, 1.165) is 66.1 Å². The van der Waals surface area contributed by atoms with Crippen molar-refractivity contribution in [1.82, 2.24) is 15.0 Å². The van der Waals surface area contributed by atoms with Gasteiger partial charge in [-0.1, -0.05) is 152 Å². The standard InChI is InChI=1S/C51H31N3O/c1-3-14-33(15-4-1)40-27-28-43(47-42-21-11-12-22-46(42)55-48(40)47)51-53-49(37-24-23-32-13-7-8-18-35(32)29-37)52-50(54-51)38-25-26-41-39-20-10-9-19-36(39)30-44(45(41)31-38)34-16-5-2-6-17-34/h1-31H. The highest BCUT2D eigenvalue weighted by atomic mass is 16.3. The van der Waals surface area contributed by atoms with Crippen LogP contribution in [0.5, 0.6) is 0 Å². The highest BCUT2D eigenvalue weighted by Crippen LogP contribution is 2.42. The molecule has 0 saturated heterocycles. The Hall–Kier alpha value is -7.43. The van der Waals surface area contributed by atoms with Crippen molar-refractivity contribution in [3.8, 4) is 56.4 Å². The number of benzene rings is 9. The SMILES string of the molecule is c1ccc(-c2cc3ccccc3c3ccc(-c4nc(-c5ccc6ccccc6c5)nc(-c5ccc(-c6ccccc6)c6oc7ccccc7c56)n4)cc23)cc1. The number of rotatable bonds is 5. The molecule has 0 spiro atoms. The van der Waals surface area contributed by atoms with Gasteiger partial charge in [-0.05, 0) is 85.4 Å². The number of fused-ring (bicyclic) bond motifs is 7. The molecule has 0 radical (unpaired) electrons. The van der Waals surface area contributed by atoms with Crippen molar-refractivity contribution < 1.29 is 4.42 Å².